The van der Waals surface area contributed by atoms with E-state index in [9.17, 15) is 4.79 Å². The number of benzene rings is 1. The molecule has 0 spiro atoms. The van der Waals surface area contributed by atoms with Crippen molar-refractivity contribution in [2.24, 2.45) is 5.92 Å². The molecular weight excluding hydrogens is 354 g/mol. The minimum atomic E-state index is -0.614. The fourth-order valence-corrected chi connectivity index (χ4v) is 6.32. The molecule has 0 amide bonds. The summed E-state index contributed by atoms with van der Waals surface area (Å²) in [4.78, 5) is 11.8. The molecule has 28 heavy (non-hydrogen) atoms. The van der Waals surface area contributed by atoms with Gasteiger partial charge >= 0.3 is 6.16 Å². The Bertz CT molecular complexity index is 725. The smallest absolute Gasteiger partial charge is 0.457 e. The van der Waals surface area contributed by atoms with Crippen LogP contribution in [0, 0.1) is 5.92 Å². The molecule has 1 saturated heterocycles. The summed E-state index contributed by atoms with van der Waals surface area (Å²) in [6.07, 6.45) is 11.2. The molecule has 0 unspecified atom stereocenters. The normalized spacial score (nSPS) is 31.6. The van der Waals surface area contributed by atoms with Crippen LogP contribution >= 0.6 is 0 Å². The summed E-state index contributed by atoms with van der Waals surface area (Å²) in [6, 6.07) is 7.08. The SMILES string of the molecule is O=C(OCOc1ccc2c(c1)[C@@]13CCCC[C@H]1[C@@H](C2)NCC3)OC1CCCC1. The number of hydrogen-bond donors (Lipinski definition) is 1. The quantitative estimate of drug-likeness (QED) is 0.612. The first-order chi connectivity index (χ1) is 13.7. The average Bonchev–Trinajstić information content (AvgIpc) is 3.21. The van der Waals surface area contributed by atoms with E-state index < -0.39 is 6.16 Å². The fraction of sp³-hybridized carbons (Fsp3) is 0.696. The van der Waals surface area contributed by atoms with Crippen molar-refractivity contribution >= 4 is 6.16 Å². The first kappa shape index (κ1) is 18.3. The Morgan fingerprint density at radius 2 is 1.96 bits per heavy atom. The molecule has 1 heterocycles. The van der Waals surface area contributed by atoms with Crippen LogP contribution in [0.4, 0.5) is 4.79 Å². The van der Waals surface area contributed by atoms with Gasteiger partial charge < -0.3 is 19.5 Å². The van der Waals surface area contributed by atoms with Crippen molar-refractivity contribution in [2.45, 2.75) is 81.8 Å². The Hall–Kier alpha value is -1.75. The predicted molar refractivity (Wildman–Crippen MR) is 106 cm³/mol. The molecule has 3 atom stereocenters. The van der Waals surface area contributed by atoms with Gasteiger partial charge in [0.2, 0.25) is 6.79 Å². The van der Waals surface area contributed by atoms with Gasteiger partial charge in [0.25, 0.3) is 0 Å². The Morgan fingerprint density at radius 1 is 1.11 bits per heavy atom. The van der Waals surface area contributed by atoms with Crippen molar-refractivity contribution in [3.63, 3.8) is 0 Å². The molecule has 2 bridgehead atoms. The highest BCUT2D eigenvalue weighted by atomic mass is 16.8. The Morgan fingerprint density at radius 3 is 2.86 bits per heavy atom. The third-order valence-corrected chi connectivity index (χ3v) is 7.59. The monoisotopic (exact) mass is 385 g/mol. The maximum absolute atomic E-state index is 11.8. The highest BCUT2D eigenvalue weighted by molar-refractivity contribution is 5.60. The fourth-order valence-electron chi connectivity index (χ4n) is 6.32. The molecule has 1 aromatic rings. The van der Waals surface area contributed by atoms with Crippen LogP contribution in [-0.4, -0.2) is 31.6 Å². The van der Waals surface area contributed by atoms with Gasteiger partial charge in [-0.1, -0.05) is 18.9 Å². The number of rotatable bonds is 4. The number of hydrogen-bond acceptors (Lipinski definition) is 5. The molecule has 5 rings (SSSR count). The summed E-state index contributed by atoms with van der Waals surface area (Å²) in [5.74, 6) is 1.54. The van der Waals surface area contributed by atoms with Crippen LogP contribution in [0.5, 0.6) is 5.75 Å². The summed E-state index contributed by atoms with van der Waals surface area (Å²) in [7, 11) is 0. The Labute approximate surface area is 167 Å². The Kier molecular flexibility index (Phi) is 4.95. The van der Waals surface area contributed by atoms with Gasteiger partial charge in [-0.25, -0.2) is 4.79 Å². The van der Waals surface area contributed by atoms with Crippen molar-refractivity contribution in [3.05, 3.63) is 29.3 Å². The molecule has 1 N–H and O–H groups in total. The van der Waals surface area contributed by atoms with Gasteiger partial charge in [0.15, 0.2) is 0 Å². The van der Waals surface area contributed by atoms with Crippen molar-refractivity contribution in [1.82, 2.24) is 5.32 Å². The third-order valence-electron chi connectivity index (χ3n) is 7.59. The van der Waals surface area contributed by atoms with E-state index in [1.54, 1.807) is 0 Å². The van der Waals surface area contributed by atoms with Crippen LogP contribution in [0.3, 0.4) is 0 Å². The minimum Gasteiger partial charge on any atom is -0.457 e. The van der Waals surface area contributed by atoms with Gasteiger partial charge in [0.1, 0.15) is 11.9 Å². The van der Waals surface area contributed by atoms with Crippen LogP contribution in [-0.2, 0) is 21.3 Å². The van der Waals surface area contributed by atoms with Gasteiger partial charge in [-0.15, -0.1) is 0 Å². The molecular formula is C23H31NO4. The molecule has 1 aromatic carbocycles. The average molecular weight is 386 g/mol. The predicted octanol–water partition coefficient (Wildman–Crippen LogP) is 4.46. The summed E-state index contributed by atoms with van der Waals surface area (Å²) in [6.45, 7) is 1.02. The maximum Gasteiger partial charge on any atom is 0.511 e. The van der Waals surface area contributed by atoms with Crippen LogP contribution in [0.2, 0.25) is 0 Å². The van der Waals surface area contributed by atoms with E-state index in [1.165, 1.54) is 43.2 Å². The van der Waals surface area contributed by atoms with Crippen molar-refractivity contribution < 1.29 is 19.0 Å². The number of carbonyl (C=O) groups excluding carboxylic acids is 1. The molecule has 5 nitrogen and oxygen atoms in total. The first-order valence-corrected chi connectivity index (χ1v) is 11.1. The number of piperidine rings is 1. The molecule has 4 aliphatic rings. The van der Waals surface area contributed by atoms with Crippen LogP contribution in [0.15, 0.2) is 18.2 Å². The van der Waals surface area contributed by atoms with Crippen LogP contribution in [0.25, 0.3) is 0 Å². The second-order valence-corrected chi connectivity index (χ2v) is 9.02. The van der Waals surface area contributed by atoms with Gasteiger partial charge in [-0.2, -0.15) is 0 Å². The van der Waals surface area contributed by atoms with E-state index in [-0.39, 0.29) is 12.9 Å². The lowest BCUT2D eigenvalue weighted by atomic mass is 9.53. The van der Waals surface area contributed by atoms with Crippen LogP contribution in [0.1, 0.15) is 68.9 Å². The summed E-state index contributed by atoms with van der Waals surface area (Å²) in [5.41, 5.74) is 3.26. The largest absolute Gasteiger partial charge is 0.511 e. The molecule has 0 aromatic heterocycles. The lowest BCUT2D eigenvalue weighted by Gasteiger charge is -2.56. The lowest BCUT2D eigenvalue weighted by molar-refractivity contribution is -0.0138. The molecule has 3 aliphatic carbocycles. The zero-order valence-electron chi connectivity index (χ0n) is 16.6. The van der Waals surface area contributed by atoms with E-state index in [0.717, 1.165) is 50.3 Å². The number of ether oxygens (including phenoxy) is 3. The van der Waals surface area contributed by atoms with E-state index >= 15 is 0 Å². The minimum absolute atomic E-state index is 0.0198. The van der Waals surface area contributed by atoms with E-state index in [1.807, 2.05) is 6.07 Å². The van der Waals surface area contributed by atoms with Crippen molar-refractivity contribution in [3.8, 4) is 5.75 Å². The highest BCUT2D eigenvalue weighted by Crippen LogP contribution is 2.54. The molecule has 1 aliphatic heterocycles. The van der Waals surface area contributed by atoms with Gasteiger partial charge in [0, 0.05) is 11.5 Å². The number of carbonyl (C=O) groups is 1. The van der Waals surface area contributed by atoms with Gasteiger partial charge in [0.05, 0.1) is 0 Å². The maximum atomic E-state index is 11.8. The zero-order chi connectivity index (χ0) is 19.0. The summed E-state index contributed by atoms with van der Waals surface area (Å²) in [5, 5.41) is 3.77. The first-order valence-electron chi connectivity index (χ1n) is 11.1. The molecule has 2 saturated carbocycles. The highest BCUT2D eigenvalue weighted by Gasteiger charge is 2.51. The molecule has 0 radical (unpaired) electrons. The van der Waals surface area contributed by atoms with E-state index in [4.69, 9.17) is 14.2 Å². The molecule has 152 valence electrons. The standard InChI is InChI=1S/C23H31NO4/c25-22(28-17-5-1-2-6-17)27-15-26-18-9-8-16-13-21-19-7-3-4-10-23(19,11-12-24-21)20(16)14-18/h8-9,14,17,19,21,24H,1-7,10-13,15H2/t19-,21+,23+/m0/s1. The van der Waals surface area contributed by atoms with E-state index in [0.29, 0.717) is 11.5 Å². The number of nitrogens with one attached hydrogen (secondary N) is 1. The van der Waals surface area contributed by atoms with Gasteiger partial charge in [-0.3, -0.25) is 0 Å². The second kappa shape index (κ2) is 7.58. The molecule has 3 fully saturated rings. The third kappa shape index (κ3) is 3.28. The summed E-state index contributed by atoms with van der Waals surface area (Å²) < 4.78 is 16.2. The second-order valence-electron chi connectivity index (χ2n) is 9.02. The summed E-state index contributed by atoms with van der Waals surface area (Å²) >= 11 is 0. The lowest BCUT2D eigenvalue weighted by Crippen LogP contribution is -2.59. The molecule has 5 heteroatoms. The van der Waals surface area contributed by atoms with E-state index in [2.05, 4.69) is 17.4 Å². The van der Waals surface area contributed by atoms with Crippen LogP contribution < -0.4 is 10.1 Å². The van der Waals surface area contributed by atoms with Crippen molar-refractivity contribution in [1.29, 1.82) is 0 Å². The Balaban J connectivity index is 1.26. The van der Waals surface area contributed by atoms with Crippen molar-refractivity contribution in [2.75, 3.05) is 13.3 Å². The zero-order valence-corrected chi connectivity index (χ0v) is 16.6. The van der Waals surface area contributed by atoms with Gasteiger partial charge in [-0.05, 0) is 87.1 Å². The number of fused-ring (bicyclic) bond motifs is 1. The topological polar surface area (TPSA) is 56.8 Å².